The van der Waals surface area contributed by atoms with Gasteiger partial charge in [0.05, 0.1) is 9.79 Å². The normalized spacial score (nSPS) is 11.8. The third-order valence-electron chi connectivity index (χ3n) is 13.0. The van der Waals surface area contributed by atoms with E-state index in [1.54, 1.807) is 24.3 Å². The Morgan fingerprint density at radius 2 is 0.523 bits per heavy atom. The number of rotatable bonds is 34. The molecule has 0 aliphatic rings. The molecule has 0 aliphatic carbocycles. The van der Waals surface area contributed by atoms with Crippen molar-refractivity contribution in [1.82, 2.24) is 0 Å². The second kappa shape index (κ2) is 34.2. The summed E-state index contributed by atoms with van der Waals surface area (Å²) < 4.78 is 68.8. The molecule has 0 aromatic heterocycles. The van der Waals surface area contributed by atoms with Crippen LogP contribution in [0.5, 0.6) is 0 Å². The van der Waals surface area contributed by atoms with E-state index in [0.29, 0.717) is 0 Å². The summed E-state index contributed by atoms with van der Waals surface area (Å²) in [6.45, 7) is 9.00. The van der Waals surface area contributed by atoms with Gasteiger partial charge in [0.15, 0.2) is 0 Å². The van der Waals surface area contributed by atoms with Gasteiger partial charge in [-0.1, -0.05) is 218 Å². The monoisotopic (exact) mass is 983 g/mol. The Morgan fingerprint density at radius 1 is 0.308 bits per heavy atom. The number of hydrogen-bond donors (Lipinski definition) is 0. The average Bonchev–Trinajstić information content (AvgIpc) is 3.27. The van der Waals surface area contributed by atoms with Crippen LogP contribution < -0.4 is 0 Å². The van der Waals surface area contributed by atoms with Crippen molar-refractivity contribution in [2.45, 2.75) is 243 Å². The van der Waals surface area contributed by atoms with Crippen molar-refractivity contribution in [1.29, 1.82) is 0 Å². The van der Waals surface area contributed by atoms with Crippen LogP contribution in [0.3, 0.4) is 0 Å². The largest absolute Gasteiger partial charge is 2.00 e. The molecular formula is C56H86O6S2Zn. The van der Waals surface area contributed by atoms with Gasteiger partial charge in [0, 0.05) is 0 Å². The molecular weight excluding hydrogens is 898 g/mol. The Hall–Kier alpha value is -2.16. The van der Waals surface area contributed by atoms with Gasteiger partial charge in [0.1, 0.15) is 20.2 Å². The summed E-state index contributed by atoms with van der Waals surface area (Å²) >= 11 is 0. The molecule has 0 heterocycles. The Balaban J connectivity index is 0.000000440. The predicted octanol–water partition coefficient (Wildman–Crippen LogP) is 16.7. The third-order valence-corrected chi connectivity index (χ3v) is 14.7. The third kappa shape index (κ3) is 24.1. The molecule has 360 valence electrons. The summed E-state index contributed by atoms with van der Waals surface area (Å²) in [4.78, 5) is -0.265. The molecule has 4 aromatic rings. The zero-order chi connectivity index (χ0) is 46.5. The fourth-order valence-electron chi connectivity index (χ4n) is 9.07. The fourth-order valence-corrected chi connectivity index (χ4v) is 10.1. The summed E-state index contributed by atoms with van der Waals surface area (Å²) in [5, 5.41) is 3.78. The van der Waals surface area contributed by atoms with Crippen LogP contribution >= 0.6 is 0 Å². The van der Waals surface area contributed by atoms with Gasteiger partial charge in [-0.05, 0) is 119 Å². The molecule has 0 aliphatic heterocycles. The van der Waals surface area contributed by atoms with Crippen LogP contribution in [0.25, 0.3) is 21.5 Å². The molecule has 0 fully saturated rings. The van der Waals surface area contributed by atoms with E-state index in [9.17, 15) is 25.9 Å². The van der Waals surface area contributed by atoms with E-state index in [4.69, 9.17) is 0 Å². The molecule has 0 radical (unpaired) electrons. The van der Waals surface area contributed by atoms with Crippen molar-refractivity contribution in [2.75, 3.05) is 0 Å². The molecule has 4 aromatic carbocycles. The van der Waals surface area contributed by atoms with Crippen molar-refractivity contribution in [3.05, 3.63) is 82.9 Å². The van der Waals surface area contributed by atoms with E-state index in [0.717, 1.165) is 47.2 Å². The molecule has 0 N–H and O–H groups in total. The quantitative estimate of drug-likeness (QED) is 0.0262. The Morgan fingerprint density at radius 3 is 0.754 bits per heavy atom. The van der Waals surface area contributed by atoms with Crippen LogP contribution in [0.4, 0.5) is 0 Å². The first kappa shape index (κ1) is 59.0. The summed E-state index contributed by atoms with van der Waals surface area (Å²) in [5.41, 5.74) is 5.46. The molecule has 9 heteroatoms. The van der Waals surface area contributed by atoms with Crippen LogP contribution in [0.1, 0.15) is 230 Å². The summed E-state index contributed by atoms with van der Waals surface area (Å²) in [5.74, 6) is 0. The second-order valence-electron chi connectivity index (χ2n) is 18.7. The van der Waals surface area contributed by atoms with Gasteiger partial charge < -0.3 is 9.11 Å². The zero-order valence-corrected chi connectivity index (χ0v) is 46.0. The first-order valence-electron chi connectivity index (χ1n) is 25.9. The standard InChI is InChI=1S/2C28H44O3S.Zn/c2*1-3-5-7-9-11-13-15-17-24-21-26-19-20-28(32(29,30)31)23-27(26)22-25(24)18-16-14-12-10-8-6-4-2;/h2*19-23H,3-18H2,1-2H3,(H,29,30,31);/q;;+2/p-2. The summed E-state index contributed by atoms with van der Waals surface area (Å²) in [6.07, 6.45) is 40.4. The minimum Gasteiger partial charge on any atom is -0.744 e. The second-order valence-corrected chi connectivity index (χ2v) is 21.4. The minimum absolute atomic E-state index is 0. The van der Waals surface area contributed by atoms with Gasteiger partial charge in [-0.25, -0.2) is 16.8 Å². The Labute approximate surface area is 410 Å². The molecule has 4 rings (SSSR count). The van der Waals surface area contributed by atoms with Crippen LogP contribution in [-0.4, -0.2) is 25.9 Å². The van der Waals surface area contributed by atoms with Gasteiger partial charge in [0.25, 0.3) is 0 Å². The summed E-state index contributed by atoms with van der Waals surface area (Å²) in [7, 11) is -8.85. The topological polar surface area (TPSA) is 114 Å². The van der Waals surface area contributed by atoms with E-state index in [-0.39, 0.29) is 29.3 Å². The molecule has 0 bridgehead atoms. The van der Waals surface area contributed by atoms with Gasteiger partial charge >= 0.3 is 19.5 Å². The van der Waals surface area contributed by atoms with Crippen molar-refractivity contribution < 1.29 is 45.4 Å². The van der Waals surface area contributed by atoms with Crippen molar-refractivity contribution in [3.63, 3.8) is 0 Å². The Bertz CT molecular complexity index is 1960. The minimum atomic E-state index is -4.43. The predicted molar refractivity (Wildman–Crippen MR) is 271 cm³/mol. The molecule has 0 saturated heterocycles. The molecule has 0 unspecified atom stereocenters. The van der Waals surface area contributed by atoms with E-state index < -0.39 is 20.2 Å². The smallest absolute Gasteiger partial charge is 0.744 e. The maximum Gasteiger partial charge on any atom is 2.00 e. The van der Waals surface area contributed by atoms with Crippen LogP contribution in [0.15, 0.2) is 70.5 Å². The van der Waals surface area contributed by atoms with E-state index >= 15 is 0 Å². The number of benzene rings is 4. The average molecular weight is 985 g/mol. The number of aryl methyl sites for hydroxylation is 4. The molecule has 0 amide bonds. The zero-order valence-electron chi connectivity index (χ0n) is 41.4. The Kier molecular flexibility index (Phi) is 31.0. The van der Waals surface area contributed by atoms with Crippen molar-refractivity contribution in [3.8, 4) is 0 Å². The van der Waals surface area contributed by atoms with E-state index in [1.165, 1.54) is 214 Å². The SMILES string of the molecule is CCCCCCCCCc1cc2ccc(S(=O)(=O)[O-])cc2cc1CCCCCCCCC.CCCCCCCCCc1cc2ccc(S(=O)(=O)[O-])cc2cc1CCCCCCCCC.[Zn+2]. The molecule has 6 nitrogen and oxygen atoms in total. The molecule has 0 atom stereocenters. The number of unbranched alkanes of at least 4 members (excludes halogenated alkanes) is 24. The fraction of sp³-hybridized carbons (Fsp3) is 0.643. The maximum atomic E-state index is 11.5. The first-order valence-corrected chi connectivity index (χ1v) is 28.8. The van der Waals surface area contributed by atoms with E-state index in [1.807, 2.05) is 0 Å². The van der Waals surface area contributed by atoms with Crippen molar-refractivity contribution in [2.24, 2.45) is 0 Å². The number of hydrogen-bond acceptors (Lipinski definition) is 6. The maximum absolute atomic E-state index is 11.5. The van der Waals surface area contributed by atoms with Gasteiger partial charge in [-0.15, -0.1) is 0 Å². The van der Waals surface area contributed by atoms with Gasteiger partial charge in [0.2, 0.25) is 0 Å². The molecule has 0 saturated carbocycles. The molecule has 65 heavy (non-hydrogen) atoms. The van der Waals surface area contributed by atoms with Gasteiger partial charge in [-0.3, -0.25) is 0 Å². The van der Waals surface area contributed by atoms with Crippen molar-refractivity contribution >= 4 is 41.8 Å². The van der Waals surface area contributed by atoms with E-state index in [2.05, 4.69) is 52.0 Å². The summed E-state index contributed by atoms with van der Waals surface area (Å²) in [6, 6.07) is 18.3. The van der Waals surface area contributed by atoms with Crippen LogP contribution in [0.2, 0.25) is 0 Å². The van der Waals surface area contributed by atoms with Crippen LogP contribution in [0, 0.1) is 0 Å². The number of fused-ring (bicyclic) bond motifs is 2. The van der Waals surface area contributed by atoms with Gasteiger partial charge in [-0.2, -0.15) is 0 Å². The first-order chi connectivity index (χ1) is 30.9. The van der Waals surface area contributed by atoms with Crippen LogP contribution in [-0.2, 0) is 65.4 Å². The molecule has 0 spiro atoms.